The Morgan fingerprint density at radius 3 is 2.78 bits per heavy atom. The molecule has 1 aromatic rings. The molecule has 0 bridgehead atoms. The molecule has 0 saturated carbocycles. The van der Waals surface area contributed by atoms with Gasteiger partial charge in [-0.15, -0.1) is 0 Å². The van der Waals surface area contributed by atoms with Crippen molar-refractivity contribution in [2.24, 2.45) is 5.92 Å². The Bertz CT molecular complexity index is 453. The second-order valence-corrected chi connectivity index (χ2v) is 4.67. The van der Waals surface area contributed by atoms with Crippen LogP contribution in [0.25, 0.3) is 0 Å². The summed E-state index contributed by atoms with van der Waals surface area (Å²) in [4.78, 5) is 12.7. The molecule has 0 aromatic heterocycles. The molecule has 0 spiro atoms. The molecule has 2 unspecified atom stereocenters. The van der Waals surface area contributed by atoms with E-state index < -0.39 is 6.09 Å². The molecular weight excluding hydrogens is 228 g/mol. The van der Waals surface area contributed by atoms with Gasteiger partial charge in [0, 0.05) is 18.5 Å². The lowest BCUT2D eigenvalue weighted by Crippen LogP contribution is -2.46. The van der Waals surface area contributed by atoms with Gasteiger partial charge in [-0.3, -0.25) is 0 Å². The fourth-order valence-electron chi connectivity index (χ4n) is 2.50. The number of nitriles is 1. The number of amides is 1. The fourth-order valence-corrected chi connectivity index (χ4v) is 2.50. The topological polar surface area (TPSA) is 64.3 Å². The third kappa shape index (κ3) is 2.80. The van der Waals surface area contributed by atoms with Crippen LogP contribution in [0.1, 0.15) is 18.4 Å². The van der Waals surface area contributed by atoms with Crippen molar-refractivity contribution in [2.45, 2.75) is 25.3 Å². The molecule has 1 N–H and O–H groups in total. The molecule has 2 atom stereocenters. The van der Waals surface area contributed by atoms with Gasteiger partial charge in [0.25, 0.3) is 0 Å². The number of piperidine rings is 1. The highest BCUT2D eigenvalue weighted by molar-refractivity contribution is 5.65. The standard InChI is InChI=1S/C14H16N2O2/c15-10-12-6-7-16(14(17)18)13(9-12)8-11-4-2-1-3-5-11/h1-5,12-13H,6-9H2,(H,17,18). The molecule has 4 nitrogen and oxygen atoms in total. The van der Waals surface area contributed by atoms with Gasteiger partial charge in [0.05, 0.1) is 6.07 Å². The van der Waals surface area contributed by atoms with Crippen molar-refractivity contribution in [2.75, 3.05) is 6.54 Å². The van der Waals surface area contributed by atoms with Crippen molar-refractivity contribution in [3.63, 3.8) is 0 Å². The Morgan fingerprint density at radius 1 is 1.44 bits per heavy atom. The normalized spacial score (nSPS) is 23.4. The number of rotatable bonds is 2. The highest BCUT2D eigenvalue weighted by Gasteiger charge is 2.31. The minimum atomic E-state index is -0.882. The molecular formula is C14H16N2O2. The quantitative estimate of drug-likeness (QED) is 0.869. The van der Waals surface area contributed by atoms with Gasteiger partial charge in [0.2, 0.25) is 0 Å². The Labute approximate surface area is 106 Å². The number of carbonyl (C=O) groups is 1. The first-order chi connectivity index (χ1) is 8.70. The van der Waals surface area contributed by atoms with E-state index in [1.807, 2.05) is 30.3 Å². The Balaban J connectivity index is 2.10. The van der Waals surface area contributed by atoms with Crippen LogP contribution in [0.5, 0.6) is 0 Å². The lowest BCUT2D eigenvalue weighted by atomic mass is 9.89. The lowest BCUT2D eigenvalue weighted by Gasteiger charge is -2.35. The van der Waals surface area contributed by atoms with Gasteiger partial charge in [-0.2, -0.15) is 5.26 Å². The van der Waals surface area contributed by atoms with E-state index in [0.717, 1.165) is 5.56 Å². The highest BCUT2D eigenvalue weighted by atomic mass is 16.4. The molecule has 2 rings (SSSR count). The van der Waals surface area contributed by atoms with Crippen molar-refractivity contribution < 1.29 is 9.90 Å². The monoisotopic (exact) mass is 244 g/mol. The predicted molar refractivity (Wildman–Crippen MR) is 67.0 cm³/mol. The predicted octanol–water partition coefficient (Wildman–Crippen LogP) is 2.51. The summed E-state index contributed by atoms with van der Waals surface area (Å²) in [5.74, 6) is -0.0192. The van der Waals surface area contributed by atoms with Crippen LogP contribution >= 0.6 is 0 Å². The van der Waals surface area contributed by atoms with Crippen molar-refractivity contribution in [3.05, 3.63) is 35.9 Å². The molecule has 1 heterocycles. The zero-order chi connectivity index (χ0) is 13.0. The molecule has 4 heteroatoms. The van der Waals surface area contributed by atoms with Crippen LogP contribution in [0.2, 0.25) is 0 Å². The number of hydrogen-bond acceptors (Lipinski definition) is 2. The van der Waals surface area contributed by atoms with E-state index in [1.54, 1.807) is 0 Å². The minimum absolute atomic E-state index is 0.0192. The van der Waals surface area contributed by atoms with E-state index in [0.29, 0.717) is 25.8 Å². The summed E-state index contributed by atoms with van der Waals surface area (Å²) in [5.41, 5.74) is 1.12. The summed E-state index contributed by atoms with van der Waals surface area (Å²) >= 11 is 0. The zero-order valence-electron chi connectivity index (χ0n) is 10.1. The SMILES string of the molecule is N#CC1CCN(C(=O)O)C(Cc2ccccc2)C1. The van der Waals surface area contributed by atoms with Crippen LogP contribution in [0.4, 0.5) is 4.79 Å². The van der Waals surface area contributed by atoms with E-state index in [1.165, 1.54) is 4.90 Å². The average Bonchev–Trinajstić information content (AvgIpc) is 2.39. The first-order valence-electron chi connectivity index (χ1n) is 6.14. The molecule has 0 radical (unpaired) electrons. The van der Waals surface area contributed by atoms with Crippen molar-refractivity contribution in [1.29, 1.82) is 5.26 Å². The van der Waals surface area contributed by atoms with Gasteiger partial charge in [-0.05, 0) is 24.8 Å². The maximum atomic E-state index is 11.2. The lowest BCUT2D eigenvalue weighted by molar-refractivity contribution is 0.0978. The number of hydrogen-bond donors (Lipinski definition) is 1. The second-order valence-electron chi connectivity index (χ2n) is 4.67. The van der Waals surface area contributed by atoms with E-state index in [4.69, 9.17) is 5.26 Å². The summed E-state index contributed by atoms with van der Waals surface area (Å²) in [6, 6.07) is 12.0. The average molecular weight is 244 g/mol. The van der Waals surface area contributed by atoms with Gasteiger partial charge in [-0.25, -0.2) is 4.79 Å². The van der Waals surface area contributed by atoms with Crippen molar-refractivity contribution in [1.82, 2.24) is 4.90 Å². The van der Waals surface area contributed by atoms with Crippen molar-refractivity contribution >= 4 is 6.09 Å². The first kappa shape index (κ1) is 12.4. The summed E-state index contributed by atoms with van der Waals surface area (Å²) < 4.78 is 0. The fraction of sp³-hybridized carbons (Fsp3) is 0.429. The molecule has 94 valence electrons. The first-order valence-corrected chi connectivity index (χ1v) is 6.14. The Morgan fingerprint density at radius 2 is 2.17 bits per heavy atom. The smallest absolute Gasteiger partial charge is 0.407 e. The maximum absolute atomic E-state index is 11.2. The van der Waals surface area contributed by atoms with E-state index in [-0.39, 0.29) is 12.0 Å². The molecule has 0 aliphatic carbocycles. The molecule has 1 aliphatic rings. The third-order valence-corrected chi connectivity index (χ3v) is 3.46. The van der Waals surface area contributed by atoms with Crippen LogP contribution < -0.4 is 0 Å². The van der Waals surface area contributed by atoms with Crippen LogP contribution in [0.15, 0.2) is 30.3 Å². The van der Waals surface area contributed by atoms with Gasteiger partial charge >= 0.3 is 6.09 Å². The number of benzene rings is 1. The summed E-state index contributed by atoms with van der Waals surface area (Å²) in [7, 11) is 0. The maximum Gasteiger partial charge on any atom is 0.407 e. The zero-order valence-corrected chi connectivity index (χ0v) is 10.1. The van der Waals surface area contributed by atoms with E-state index in [2.05, 4.69) is 6.07 Å². The summed E-state index contributed by atoms with van der Waals surface area (Å²) in [6.07, 6.45) is 1.09. The van der Waals surface area contributed by atoms with E-state index >= 15 is 0 Å². The number of carboxylic acid groups (broad SMARTS) is 1. The Kier molecular flexibility index (Phi) is 3.83. The molecule has 1 fully saturated rings. The number of nitrogens with zero attached hydrogens (tertiary/aromatic N) is 2. The largest absolute Gasteiger partial charge is 0.465 e. The van der Waals surface area contributed by atoms with Crippen LogP contribution in [0.3, 0.4) is 0 Å². The Hall–Kier alpha value is -2.02. The van der Waals surface area contributed by atoms with Crippen LogP contribution in [-0.4, -0.2) is 28.7 Å². The summed E-state index contributed by atoms with van der Waals surface area (Å²) in [6.45, 7) is 0.463. The molecule has 1 amide bonds. The van der Waals surface area contributed by atoms with Gasteiger partial charge in [-0.1, -0.05) is 30.3 Å². The third-order valence-electron chi connectivity index (χ3n) is 3.46. The molecule has 1 saturated heterocycles. The minimum Gasteiger partial charge on any atom is -0.465 e. The van der Waals surface area contributed by atoms with Gasteiger partial charge < -0.3 is 10.0 Å². The second kappa shape index (κ2) is 5.54. The van der Waals surface area contributed by atoms with Crippen molar-refractivity contribution in [3.8, 4) is 6.07 Å². The van der Waals surface area contributed by atoms with Crippen LogP contribution in [0, 0.1) is 17.2 Å². The van der Waals surface area contributed by atoms with Gasteiger partial charge in [0.1, 0.15) is 0 Å². The van der Waals surface area contributed by atoms with Gasteiger partial charge in [0.15, 0.2) is 0 Å². The molecule has 1 aromatic carbocycles. The molecule has 1 aliphatic heterocycles. The van der Waals surface area contributed by atoms with Crippen LogP contribution in [-0.2, 0) is 6.42 Å². The highest BCUT2D eigenvalue weighted by Crippen LogP contribution is 2.25. The summed E-state index contributed by atoms with van der Waals surface area (Å²) in [5, 5.41) is 18.2. The van der Waals surface area contributed by atoms with E-state index in [9.17, 15) is 9.90 Å². The molecule has 18 heavy (non-hydrogen) atoms. The number of likely N-dealkylation sites (tertiary alicyclic amines) is 1.